The van der Waals surface area contributed by atoms with Crippen molar-refractivity contribution in [2.45, 2.75) is 12.6 Å². The summed E-state index contributed by atoms with van der Waals surface area (Å²) in [5.74, 6) is 0.630. The summed E-state index contributed by atoms with van der Waals surface area (Å²) in [4.78, 5) is 6.23. The third-order valence-electron chi connectivity index (χ3n) is 3.27. The highest BCUT2D eigenvalue weighted by atomic mass is 79.9. The number of hydrogen-bond acceptors (Lipinski definition) is 3. The summed E-state index contributed by atoms with van der Waals surface area (Å²) in [7, 11) is 0. The maximum absolute atomic E-state index is 13.2. The molecular weight excluding hydrogens is 323 g/mol. The molecule has 20 heavy (non-hydrogen) atoms. The number of ether oxygens (including phenoxy) is 1. The smallest absolute Gasteiger partial charge is 0.137 e. The molecule has 104 valence electrons. The SMILES string of the molecule is Fc1ccc(CN2CC(Oc3ccncc3)C2)cc1Br. The van der Waals surface area contributed by atoms with E-state index in [4.69, 9.17) is 4.74 Å². The Hall–Kier alpha value is -1.46. The fraction of sp³-hybridized carbons (Fsp3) is 0.267. The van der Waals surface area contributed by atoms with Crippen LogP contribution >= 0.6 is 15.9 Å². The average Bonchev–Trinajstić information content (AvgIpc) is 2.41. The molecule has 0 atom stereocenters. The number of rotatable bonds is 4. The van der Waals surface area contributed by atoms with E-state index in [2.05, 4.69) is 25.8 Å². The van der Waals surface area contributed by atoms with Crippen molar-refractivity contribution < 1.29 is 9.13 Å². The zero-order valence-electron chi connectivity index (χ0n) is 10.8. The Morgan fingerprint density at radius 1 is 1.25 bits per heavy atom. The lowest BCUT2D eigenvalue weighted by Gasteiger charge is -2.39. The zero-order chi connectivity index (χ0) is 13.9. The van der Waals surface area contributed by atoms with Gasteiger partial charge in [-0.3, -0.25) is 9.88 Å². The molecule has 0 spiro atoms. The van der Waals surface area contributed by atoms with Crippen LogP contribution in [0.4, 0.5) is 4.39 Å². The van der Waals surface area contributed by atoms with Gasteiger partial charge in [-0.25, -0.2) is 4.39 Å². The van der Waals surface area contributed by atoms with Gasteiger partial charge >= 0.3 is 0 Å². The molecule has 0 unspecified atom stereocenters. The molecule has 0 bridgehead atoms. The molecule has 0 aliphatic carbocycles. The monoisotopic (exact) mass is 336 g/mol. The first-order chi connectivity index (χ1) is 9.70. The van der Waals surface area contributed by atoms with Crippen molar-refractivity contribution in [3.63, 3.8) is 0 Å². The van der Waals surface area contributed by atoms with Crippen LogP contribution in [-0.2, 0) is 6.54 Å². The molecule has 2 heterocycles. The van der Waals surface area contributed by atoms with E-state index in [0.29, 0.717) is 4.47 Å². The highest BCUT2D eigenvalue weighted by Gasteiger charge is 2.28. The molecule has 0 radical (unpaired) electrons. The molecule has 5 heteroatoms. The molecule has 3 rings (SSSR count). The predicted octanol–water partition coefficient (Wildman–Crippen LogP) is 3.25. The van der Waals surface area contributed by atoms with Gasteiger partial charge in [-0.15, -0.1) is 0 Å². The Morgan fingerprint density at radius 3 is 2.70 bits per heavy atom. The summed E-state index contributed by atoms with van der Waals surface area (Å²) in [5.41, 5.74) is 1.10. The van der Waals surface area contributed by atoms with Crippen LogP contribution in [-0.4, -0.2) is 29.1 Å². The van der Waals surface area contributed by atoms with Gasteiger partial charge < -0.3 is 4.74 Å². The summed E-state index contributed by atoms with van der Waals surface area (Å²) >= 11 is 3.21. The summed E-state index contributed by atoms with van der Waals surface area (Å²) in [6, 6.07) is 8.85. The van der Waals surface area contributed by atoms with Crippen molar-refractivity contribution in [2.24, 2.45) is 0 Å². The molecule has 2 aromatic rings. The second-order valence-electron chi connectivity index (χ2n) is 4.87. The maximum atomic E-state index is 13.2. The molecule has 3 nitrogen and oxygen atoms in total. The number of likely N-dealkylation sites (tertiary alicyclic amines) is 1. The topological polar surface area (TPSA) is 25.4 Å². The Bertz CT molecular complexity index is 588. The lowest BCUT2D eigenvalue weighted by Crippen LogP contribution is -2.53. The first kappa shape index (κ1) is 13.5. The molecule has 1 fully saturated rings. The normalized spacial score (nSPS) is 15.9. The second-order valence-corrected chi connectivity index (χ2v) is 5.72. The number of benzene rings is 1. The Kier molecular flexibility index (Phi) is 3.98. The van der Waals surface area contributed by atoms with Crippen LogP contribution in [0.2, 0.25) is 0 Å². The number of nitrogens with zero attached hydrogens (tertiary/aromatic N) is 2. The van der Waals surface area contributed by atoms with E-state index >= 15 is 0 Å². The lowest BCUT2D eigenvalue weighted by atomic mass is 10.1. The zero-order valence-corrected chi connectivity index (χ0v) is 12.4. The van der Waals surface area contributed by atoms with Gasteiger partial charge in [0.05, 0.1) is 4.47 Å². The van der Waals surface area contributed by atoms with Gasteiger partial charge in [0.15, 0.2) is 0 Å². The summed E-state index contributed by atoms with van der Waals surface area (Å²) in [6.07, 6.45) is 3.67. The Morgan fingerprint density at radius 2 is 2.00 bits per heavy atom. The van der Waals surface area contributed by atoms with Crippen LogP contribution < -0.4 is 4.74 Å². The second kappa shape index (κ2) is 5.89. The van der Waals surface area contributed by atoms with Gasteiger partial charge in [0.1, 0.15) is 17.7 Å². The highest BCUT2D eigenvalue weighted by molar-refractivity contribution is 9.10. The quantitative estimate of drug-likeness (QED) is 0.856. The average molecular weight is 337 g/mol. The molecular formula is C15H14BrFN2O. The van der Waals surface area contributed by atoms with E-state index in [-0.39, 0.29) is 11.9 Å². The standard InChI is InChI=1S/C15H14BrFN2O/c16-14-7-11(1-2-15(14)17)8-19-9-13(10-19)20-12-3-5-18-6-4-12/h1-7,13H,8-10H2. The predicted molar refractivity (Wildman–Crippen MR) is 78.0 cm³/mol. The van der Waals surface area contributed by atoms with Crippen LogP contribution in [0.1, 0.15) is 5.56 Å². The van der Waals surface area contributed by atoms with Gasteiger partial charge in [-0.05, 0) is 45.8 Å². The van der Waals surface area contributed by atoms with Gasteiger partial charge in [-0.2, -0.15) is 0 Å². The van der Waals surface area contributed by atoms with Crippen molar-refractivity contribution >= 4 is 15.9 Å². The lowest BCUT2D eigenvalue weighted by molar-refractivity contribution is 0.0145. The molecule has 1 aromatic heterocycles. The van der Waals surface area contributed by atoms with Gasteiger partial charge in [0.2, 0.25) is 0 Å². The summed E-state index contributed by atoms with van der Waals surface area (Å²) < 4.78 is 19.5. The van der Waals surface area contributed by atoms with E-state index in [1.807, 2.05) is 24.3 Å². The fourth-order valence-electron chi connectivity index (χ4n) is 2.23. The van der Waals surface area contributed by atoms with Crippen LogP contribution in [0.15, 0.2) is 47.2 Å². The third-order valence-corrected chi connectivity index (χ3v) is 3.87. The molecule has 1 saturated heterocycles. The van der Waals surface area contributed by atoms with E-state index in [0.717, 1.165) is 30.9 Å². The van der Waals surface area contributed by atoms with Gasteiger partial charge in [0.25, 0.3) is 0 Å². The fourth-order valence-corrected chi connectivity index (χ4v) is 2.66. The molecule has 0 N–H and O–H groups in total. The number of hydrogen-bond donors (Lipinski definition) is 0. The van der Waals surface area contributed by atoms with E-state index < -0.39 is 0 Å². The van der Waals surface area contributed by atoms with Crippen molar-refractivity contribution in [1.29, 1.82) is 0 Å². The van der Waals surface area contributed by atoms with Crippen molar-refractivity contribution in [3.05, 3.63) is 58.6 Å². The Balaban J connectivity index is 1.49. The van der Waals surface area contributed by atoms with Crippen molar-refractivity contribution in [1.82, 2.24) is 9.88 Å². The van der Waals surface area contributed by atoms with Crippen molar-refractivity contribution in [3.8, 4) is 5.75 Å². The molecule has 1 aliphatic rings. The highest BCUT2D eigenvalue weighted by Crippen LogP contribution is 2.22. The number of pyridine rings is 1. The Labute approximate surface area is 125 Å². The van der Waals surface area contributed by atoms with Crippen LogP contribution in [0, 0.1) is 5.82 Å². The van der Waals surface area contributed by atoms with Gasteiger partial charge in [-0.1, -0.05) is 6.07 Å². The largest absolute Gasteiger partial charge is 0.488 e. The van der Waals surface area contributed by atoms with Crippen LogP contribution in [0.3, 0.4) is 0 Å². The minimum absolute atomic E-state index is 0.223. The van der Waals surface area contributed by atoms with E-state index in [1.165, 1.54) is 6.07 Å². The minimum atomic E-state index is -0.226. The third kappa shape index (κ3) is 3.16. The molecule has 0 amide bonds. The van der Waals surface area contributed by atoms with Crippen LogP contribution in [0.5, 0.6) is 5.75 Å². The van der Waals surface area contributed by atoms with Crippen LogP contribution in [0.25, 0.3) is 0 Å². The van der Waals surface area contributed by atoms with Gasteiger partial charge in [0, 0.05) is 32.0 Å². The number of halogens is 2. The summed E-state index contributed by atoms with van der Waals surface area (Å²) in [5, 5.41) is 0. The van der Waals surface area contributed by atoms with E-state index in [9.17, 15) is 4.39 Å². The molecule has 1 aromatic carbocycles. The maximum Gasteiger partial charge on any atom is 0.137 e. The van der Waals surface area contributed by atoms with Crippen molar-refractivity contribution in [2.75, 3.05) is 13.1 Å². The molecule has 1 aliphatic heterocycles. The number of aromatic nitrogens is 1. The summed E-state index contributed by atoms with van der Waals surface area (Å²) in [6.45, 7) is 2.59. The first-order valence-corrected chi connectivity index (χ1v) is 7.23. The first-order valence-electron chi connectivity index (χ1n) is 6.43. The molecule has 0 saturated carbocycles. The minimum Gasteiger partial charge on any atom is -0.488 e. The van der Waals surface area contributed by atoms with E-state index in [1.54, 1.807) is 12.4 Å².